The third kappa shape index (κ3) is 2.98. The Morgan fingerprint density at radius 2 is 2.17 bits per heavy atom. The molecule has 7 nitrogen and oxygen atoms in total. The number of aryl methyl sites for hydroxylation is 1. The van der Waals surface area contributed by atoms with Gasteiger partial charge in [-0.05, 0) is 43.6 Å². The van der Waals surface area contributed by atoms with Crippen molar-refractivity contribution in [2.75, 3.05) is 0 Å². The van der Waals surface area contributed by atoms with Crippen LogP contribution < -0.4 is 10.9 Å². The van der Waals surface area contributed by atoms with Gasteiger partial charge in [-0.15, -0.1) is 5.10 Å². The van der Waals surface area contributed by atoms with Gasteiger partial charge in [-0.25, -0.2) is 4.98 Å². The zero-order valence-corrected chi connectivity index (χ0v) is 13.7. The van der Waals surface area contributed by atoms with Gasteiger partial charge in [-0.2, -0.15) is 0 Å². The molecule has 2 aliphatic carbocycles. The van der Waals surface area contributed by atoms with Gasteiger partial charge in [0.25, 0.3) is 11.5 Å². The van der Waals surface area contributed by atoms with Crippen LogP contribution in [-0.4, -0.2) is 31.3 Å². The van der Waals surface area contributed by atoms with Crippen molar-refractivity contribution in [3.8, 4) is 0 Å². The summed E-state index contributed by atoms with van der Waals surface area (Å²) in [5, 5.41) is 7.05. The molecule has 126 valence electrons. The van der Waals surface area contributed by atoms with Gasteiger partial charge in [-0.3, -0.25) is 14.3 Å². The molecule has 1 amide bonds. The number of nitrogens with one attached hydrogen (secondary N) is 1. The smallest absolute Gasteiger partial charge is 0.291 e. The summed E-state index contributed by atoms with van der Waals surface area (Å²) in [5.74, 6) is 0.624. The van der Waals surface area contributed by atoms with Crippen LogP contribution in [0.3, 0.4) is 0 Å². The molecule has 2 aliphatic rings. The molecule has 24 heavy (non-hydrogen) atoms. The van der Waals surface area contributed by atoms with Crippen molar-refractivity contribution in [2.45, 2.75) is 44.7 Å². The second kappa shape index (κ2) is 5.89. The highest BCUT2D eigenvalue weighted by molar-refractivity contribution is 5.90. The van der Waals surface area contributed by atoms with Gasteiger partial charge in [0, 0.05) is 31.4 Å². The Labute approximate surface area is 139 Å². The molecule has 1 N–H and O–H groups in total. The molecule has 0 aromatic carbocycles. The first-order valence-corrected chi connectivity index (χ1v) is 8.48. The van der Waals surface area contributed by atoms with E-state index in [1.54, 1.807) is 13.1 Å². The fourth-order valence-corrected chi connectivity index (χ4v) is 3.40. The highest BCUT2D eigenvalue weighted by Crippen LogP contribution is 2.31. The van der Waals surface area contributed by atoms with E-state index in [0.29, 0.717) is 5.92 Å². The second-order valence-electron chi connectivity index (χ2n) is 6.85. The standard InChI is InChI=1S/C17H21N5O2/c1-21-10-18-16(20-21)17(24)19-13-5-6-14-12(8-13)4-7-15(23)22(14)9-11-2-3-11/h4,7,10-11,13H,2-3,5-6,8-9H2,1H3,(H,19,24). The first kappa shape index (κ1) is 15.1. The van der Waals surface area contributed by atoms with Crippen LogP contribution in [0.15, 0.2) is 23.3 Å². The zero-order chi connectivity index (χ0) is 16.7. The summed E-state index contributed by atoms with van der Waals surface area (Å²) in [6.07, 6.45) is 6.37. The molecule has 0 aliphatic heterocycles. The van der Waals surface area contributed by atoms with E-state index >= 15 is 0 Å². The zero-order valence-electron chi connectivity index (χ0n) is 13.7. The minimum atomic E-state index is -0.240. The van der Waals surface area contributed by atoms with Crippen LogP contribution in [0.2, 0.25) is 0 Å². The fraction of sp³-hybridized carbons (Fsp3) is 0.529. The summed E-state index contributed by atoms with van der Waals surface area (Å²) >= 11 is 0. The molecule has 0 saturated heterocycles. The third-order valence-corrected chi connectivity index (χ3v) is 4.86. The number of fused-ring (bicyclic) bond motifs is 1. The van der Waals surface area contributed by atoms with Gasteiger partial charge in [0.05, 0.1) is 0 Å². The van der Waals surface area contributed by atoms with Crippen LogP contribution in [0.5, 0.6) is 0 Å². The van der Waals surface area contributed by atoms with Gasteiger partial charge < -0.3 is 9.88 Å². The van der Waals surface area contributed by atoms with E-state index in [4.69, 9.17) is 0 Å². The van der Waals surface area contributed by atoms with Crippen molar-refractivity contribution >= 4 is 5.91 Å². The largest absolute Gasteiger partial charge is 0.346 e. The molecule has 0 radical (unpaired) electrons. The van der Waals surface area contributed by atoms with Crippen LogP contribution in [-0.2, 0) is 26.4 Å². The van der Waals surface area contributed by atoms with E-state index < -0.39 is 0 Å². The maximum atomic E-state index is 12.2. The minimum absolute atomic E-state index is 0.0562. The number of hydrogen-bond acceptors (Lipinski definition) is 4. The number of nitrogens with zero attached hydrogens (tertiary/aromatic N) is 4. The summed E-state index contributed by atoms with van der Waals surface area (Å²) in [6, 6.07) is 3.63. The topological polar surface area (TPSA) is 81.8 Å². The summed E-state index contributed by atoms with van der Waals surface area (Å²) in [5.41, 5.74) is 2.41. The molecule has 0 bridgehead atoms. The molecule has 0 spiro atoms. The number of hydrogen-bond donors (Lipinski definition) is 1. The van der Waals surface area contributed by atoms with Crippen molar-refractivity contribution < 1.29 is 4.79 Å². The highest BCUT2D eigenvalue weighted by Gasteiger charge is 2.27. The van der Waals surface area contributed by atoms with Crippen molar-refractivity contribution in [1.82, 2.24) is 24.6 Å². The average Bonchev–Trinajstić information content (AvgIpc) is 3.28. The van der Waals surface area contributed by atoms with Gasteiger partial charge in [0.2, 0.25) is 5.82 Å². The molecule has 1 fully saturated rings. The fourth-order valence-electron chi connectivity index (χ4n) is 3.40. The van der Waals surface area contributed by atoms with Crippen molar-refractivity contribution in [3.05, 3.63) is 45.9 Å². The second-order valence-corrected chi connectivity index (χ2v) is 6.85. The Bertz CT molecular complexity index is 834. The van der Waals surface area contributed by atoms with E-state index in [9.17, 15) is 9.59 Å². The molecule has 1 atom stereocenters. The van der Waals surface area contributed by atoms with E-state index in [0.717, 1.165) is 31.5 Å². The van der Waals surface area contributed by atoms with Crippen LogP contribution >= 0.6 is 0 Å². The minimum Gasteiger partial charge on any atom is -0.346 e. The monoisotopic (exact) mass is 327 g/mol. The number of carbonyl (C=O) groups excluding carboxylic acids is 1. The van der Waals surface area contributed by atoms with E-state index in [-0.39, 0.29) is 23.3 Å². The van der Waals surface area contributed by atoms with Crippen molar-refractivity contribution in [2.24, 2.45) is 13.0 Å². The van der Waals surface area contributed by atoms with Crippen LogP contribution in [0.4, 0.5) is 0 Å². The predicted octanol–water partition coefficient (Wildman–Crippen LogP) is 0.674. The van der Waals surface area contributed by atoms with Gasteiger partial charge in [0.1, 0.15) is 6.33 Å². The van der Waals surface area contributed by atoms with Crippen LogP contribution in [0, 0.1) is 5.92 Å². The molecule has 2 heterocycles. The Balaban J connectivity index is 1.49. The molecule has 1 saturated carbocycles. The third-order valence-electron chi connectivity index (χ3n) is 4.86. The van der Waals surface area contributed by atoms with E-state index in [1.165, 1.54) is 29.4 Å². The molecule has 2 aromatic heterocycles. The average molecular weight is 327 g/mol. The summed E-state index contributed by atoms with van der Waals surface area (Å²) in [6.45, 7) is 0.844. The first-order chi connectivity index (χ1) is 11.6. The van der Waals surface area contributed by atoms with Crippen molar-refractivity contribution in [1.29, 1.82) is 0 Å². The van der Waals surface area contributed by atoms with E-state index in [2.05, 4.69) is 15.4 Å². The first-order valence-electron chi connectivity index (χ1n) is 8.48. The van der Waals surface area contributed by atoms with Crippen LogP contribution in [0.25, 0.3) is 0 Å². The summed E-state index contributed by atoms with van der Waals surface area (Å²) in [4.78, 5) is 28.4. The number of pyridine rings is 1. The Hall–Kier alpha value is -2.44. The summed E-state index contributed by atoms with van der Waals surface area (Å²) < 4.78 is 3.47. The maximum absolute atomic E-state index is 12.2. The number of rotatable bonds is 4. The van der Waals surface area contributed by atoms with Crippen molar-refractivity contribution in [3.63, 3.8) is 0 Å². The SMILES string of the molecule is Cn1cnc(C(=O)NC2CCc3c(ccc(=O)n3CC3CC3)C2)n1. The Morgan fingerprint density at radius 3 is 2.88 bits per heavy atom. The Morgan fingerprint density at radius 1 is 1.33 bits per heavy atom. The van der Waals surface area contributed by atoms with Gasteiger partial charge in [0.15, 0.2) is 0 Å². The lowest BCUT2D eigenvalue weighted by Gasteiger charge is -2.27. The number of carbonyl (C=O) groups is 1. The lowest BCUT2D eigenvalue weighted by Crippen LogP contribution is -2.41. The normalized spacial score (nSPS) is 19.8. The Kier molecular flexibility index (Phi) is 3.70. The lowest BCUT2D eigenvalue weighted by molar-refractivity contribution is 0.0922. The number of aromatic nitrogens is 4. The predicted molar refractivity (Wildman–Crippen MR) is 87.7 cm³/mol. The molecule has 1 unspecified atom stereocenters. The highest BCUT2D eigenvalue weighted by atomic mass is 16.2. The van der Waals surface area contributed by atoms with Gasteiger partial charge >= 0.3 is 0 Å². The lowest BCUT2D eigenvalue weighted by atomic mass is 9.91. The molecular formula is C17H21N5O2. The molecule has 7 heteroatoms. The summed E-state index contributed by atoms with van der Waals surface area (Å²) in [7, 11) is 1.74. The van der Waals surface area contributed by atoms with Crippen LogP contribution in [0.1, 0.15) is 41.1 Å². The molecular weight excluding hydrogens is 306 g/mol. The maximum Gasteiger partial charge on any atom is 0.291 e. The molecule has 4 rings (SSSR count). The molecule has 2 aromatic rings. The van der Waals surface area contributed by atoms with E-state index in [1.807, 2.05) is 10.6 Å². The van der Waals surface area contributed by atoms with Gasteiger partial charge in [-0.1, -0.05) is 6.07 Å². The quantitative estimate of drug-likeness (QED) is 0.895. The number of amides is 1.